The second-order valence-electron chi connectivity index (χ2n) is 10.3. The summed E-state index contributed by atoms with van der Waals surface area (Å²) < 4.78 is 36.2. The van der Waals surface area contributed by atoms with Crippen LogP contribution in [0.25, 0.3) is 10.6 Å². The van der Waals surface area contributed by atoms with E-state index in [2.05, 4.69) is 15.4 Å². The van der Waals surface area contributed by atoms with Gasteiger partial charge in [0, 0.05) is 23.9 Å². The molecule has 1 aliphatic carbocycles. The standard InChI is InChI=1S/C26H31F2N5O3S/c1-26(2,3)36-20(34)12-19-22(32-25(37-19)21-16(27)6-5-7-17(21)28)24(35)31-18-13-30-33(4)23(18)14-8-10-15(29)11-9-14/h5-7,13-15H,8-12,29H2,1-4H3,(H,31,35). The van der Waals surface area contributed by atoms with Gasteiger partial charge < -0.3 is 15.8 Å². The number of anilines is 1. The van der Waals surface area contributed by atoms with Crippen LogP contribution >= 0.6 is 11.3 Å². The molecule has 0 saturated heterocycles. The zero-order chi connectivity index (χ0) is 26.9. The molecule has 0 radical (unpaired) electrons. The maximum atomic E-state index is 14.5. The van der Waals surface area contributed by atoms with Crippen LogP contribution < -0.4 is 11.1 Å². The van der Waals surface area contributed by atoms with Crippen LogP contribution in [0, 0.1) is 11.6 Å². The topological polar surface area (TPSA) is 112 Å². The third-order valence-electron chi connectivity index (χ3n) is 6.21. The summed E-state index contributed by atoms with van der Waals surface area (Å²) in [6.45, 7) is 5.19. The predicted octanol–water partition coefficient (Wildman–Crippen LogP) is 4.94. The number of thiazole rings is 1. The Bertz CT molecular complexity index is 1290. The summed E-state index contributed by atoms with van der Waals surface area (Å²) in [4.78, 5) is 30.6. The van der Waals surface area contributed by atoms with Crippen LogP contribution in [0.15, 0.2) is 24.4 Å². The highest BCUT2D eigenvalue weighted by Gasteiger charge is 2.29. The van der Waals surface area contributed by atoms with Gasteiger partial charge in [-0.2, -0.15) is 5.10 Å². The van der Waals surface area contributed by atoms with Crippen molar-refractivity contribution in [1.82, 2.24) is 14.8 Å². The van der Waals surface area contributed by atoms with E-state index in [1.54, 1.807) is 31.6 Å². The molecule has 0 bridgehead atoms. The molecule has 2 heterocycles. The zero-order valence-corrected chi connectivity index (χ0v) is 22.1. The summed E-state index contributed by atoms with van der Waals surface area (Å²) in [6.07, 6.45) is 4.81. The Morgan fingerprint density at radius 2 is 1.84 bits per heavy atom. The summed E-state index contributed by atoms with van der Waals surface area (Å²) >= 11 is 0.884. The summed E-state index contributed by atoms with van der Waals surface area (Å²) in [5, 5.41) is 7.15. The molecule has 4 rings (SSSR count). The Balaban J connectivity index is 1.67. The van der Waals surface area contributed by atoms with Crippen LogP contribution in [0.4, 0.5) is 14.5 Å². The molecule has 3 aromatic rings. The average Bonchev–Trinajstić information content (AvgIpc) is 3.36. The fraction of sp³-hybridized carbons (Fsp3) is 0.462. The van der Waals surface area contributed by atoms with Crippen molar-refractivity contribution in [1.29, 1.82) is 0 Å². The first-order valence-corrected chi connectivity index (χ1v) is 13.0. The molecular weight excluding hydrogens is 500 g/mol. The monoisotopic (exact) mass is 531 g/mol. The van der Waals surface area contributed by atoms with Crippen molar-refractivity contribution >= 4 is 28.9 Å². The lowest BCUT2D eigenvalue weighted by Crippen LogP contribution is -2.27. The zero-order valence-electron chi connectivity index (χ0n) is 21.3. The second kappa shape index (κ2) is 10.7. The molecule has 2 aromatic heterocycles. The van der Waals surface area contributed by atoms with Crippen molar-refractivity contribution in [3.63, 3.8) is 0 Å². The van der Waals surface area contributed by atoms with E-state index in [4.69, 9.17) is 10.5 Å². The number of aromatic nitrogens is 3. The number of halogens is 2. The number of ether oxygens (including phenoxy) is 1. The number of esters is 1. The SMILES string of the molecule is Cn1ncc(NC(=O)c2nc(-c3c(F)cccc3F)sc2CC(=O)OC(C)(C)C)c1C1CCC(N)CC1. The Kier molecular flexibility index (Phi) is 7.75. The number of nitrogens with two attached hydrogens (primary N) is 1. The molecular formula is C26H31F2N5O3S. The van der Waals surface area contributed by atoms with Crippen molar-refractivity contribution in [2.45, 2.75) is 70.4 Å². The van der Waals surface area contributed by atoms with E-state index in [0.717, 1.165) is 54.8 Å². The van der Waals surface area contributed by atoms with Crippen LogP contribution in [0.2, 0.25) is 0 Å². The number of carbonyl (C=O) groups is 2. The first kappa shape index (κ1) is 26.9. The van der Waals surface area contributed by atoms with E-state index in [1.807, 2.05) is 7.05 Å². The first-order chi connectivity index (χ1) is 17.4. The van der Waals surface area contributed by atoms with Gasteiger partial charge >= 0.3 is 5.97 Å². The van der Waals surface area contributed by atoms with Gasteiger partial charge in [-0.1, -0.05) is 6.07 Å². The molecule has 1 aliphatic rings. The minimum absolute atomic E-state index is 0.0352. The smallest absolute Gasteiger partial charge is 0.311 e. The van der Waals surface area contributed by atoms with Gasteiger partial charge in [0.1, 0.15) is 27.9 Å². The molecule has 37 heavy (non-hydrogen) atoms. The Labute approximate surface area is 218 Å². The van der Waals surface area contributed by atoms with Gasteiger partial charge in [-0.15, -0.1) is 11.3 Å². The van der Waals surface area contributed by atoms with Crippen molar-refractivity contribution < 1.29 is 23.1 Å². The number of amides is 1. The van der Waals surface area contributed by atoms with E-state index in [0.29, 0.717) is 5.69 Å². The minimum Gasteiger partial charge on any atom is -0.460 e. The lowest BCUT2D eigenvalue weighted by Gasteiger charge is -2.27. The molecule has 1 saturated carbocycles. The highest BCUT2D eigenvalue weighted by Crippen LogP contribution is 2.37. The highest BCUT2D eigenvalue weighted by atomic mass is 32.1. The number of hydrogen-bond donors (Lipinski definition) is 2. The Hall–Kier alpha value is -3.18. The Morgan fingerprint density at radius 3 is 2.46 bits per heavy atom. The number of benzene rings is 1. The molecule has 1 amide bonds. The van der Waals surface area contributed by atoms with Crippen LogP contribution in [-0.2, 0) is 23.0 Å². The lowest BCUT2D eigenvalue weighted by atomic mass is 9.84. The van der Waals surface area contributed by atoms with Gasteiger partial charge in [0.2, 0.25) is 0 Å². The van der Waals surface area contributed by atoms with Crippen molar-refractivity contribution in [2.24, 2.45) is 12.8 Å². The molecule has 1 fully saturated rings. The molecule has 1 aromatic carbocycles. The first-order valence-electron chi connectivity index (χ1n) is 12.2. The van der Waals surface area contributed by atoms with Crippen LogP contribution in [0.5, 0.6) is 0 Å². The highest BCUT2D eigenvalue weighted by molar-refractivity contribution is 7.15. The predicted molar refractivity (Wildman–Crippen MR) is 137 cm³/mol. The third-order valence-corrected chi connectivity index (χ3v) is 7.28. The van der Waals surface area contributed by atoms with Crippen molar-refractivity contribution in [3.8, 4) is 10.6 Å². The summed E-state index contributed by atoms with van der Waals surface area (Å²) in [7, 11) is 1.81. The average molecular weight is 532 g/mol. The summed E-state index contributed by atoms with van der Waals surface area (Å²) in [6, 6.07) is 3.65. The third kappa shape index (κ3) is 6.22. The van der Waals surface area contributed by atoms with E-state index in [9.17, 15) is 18.4 Å². The summed E-state index contributed by atoms with van der Waals surface area (Å²) in [5.74, 6) is -2.61. The molecule has 3 N–H and O–H groups in total. The van der Waals surface area contributed by atoms with Gasteiger partial charge in [-0.3, -0.25) is 14.3 Å². The molecule has 198 valence electrons. The molecule has 0 aliphatic heterocycles. The van der Waals surface area contributed by atoms with Gasteiger partial charge in [0.25, 0.3) is 5.91 Å². The number of hydrogen-bond acceptors (Lipinski definition) is 7. The van der Waals surface area contributed by atoms with E-state index >= 15 is 0 Å². The minimum atomic E-state index is -0.811. The van der Waals surface area contributed by atoms with Crippen molar-refractivity contribution in [3.05, 3.63) is 52.3 Å². The number of aryl methyl sites for hydroxylation is 1. The second-order valence-corrected chi connectivity index (χ2v) is 11.4. The number of nitrogens with zero attached hydrogens (tertiary/aromatic N) is 3. The largest absolute Gasteiger partial charge is 0.460 e. The molecule has 11 heteroatoms. The van der Waals surface area contributed by atoms with Crippen LogP contribution in [0.1, 0.15) is 73.4 Å². The molecule has 0 spiro atoms. The van der Waals surface area contributed by atoms with E-state index < -0.39 is 29.1 Å². The molecule has 8 nitrogen and oxygen atoms in total. The van der Waals surface area contributed by atoms with Gasteiger partial charge in [-0.25, -0.2) is 13.8 Å². The van der Waals surface area contributed by atoms with E-state index in [-0.39, 0.29) is 39.5 Å². The maximum Gasteiger partial charge on any atom is 0.311 e. The van der Waals surface area contributed by atoms with Crippen LogP contribution in [-0.4, -0.2) is 38.3 Å². The van der Waals surface area contributed by atoms with Gasteiger partial charge in [0.15, 0.2) is 0 Å². The van der Waals surface area contributed by atoms with Gasteiger partial charge in [0.05, 0.1) is 29.6 Å². The quantitative estimate of drug-likeness (QED) is 0.436. The normalized spacial score (nSPS) is 18.0. The van der Waals surface area contributed by atoms with Gasteiger partial charge in [-0.05, 0) is 58.6 Å². The number of nitrogens with one attached hydrogen (secondary N) is 1. The Morgan fingerprint density at radius 1 is 1.19 bits per heavy atom. The van der Waals surface area contributed by atoms with Crippen molar-refractivity contribution in [2.75, 3.05) is 5.32 Å². The van der Waals surface area contributed by atoms with E-state index in [1.165, 1.54) is 6.07 Å². The maximum absolute atomic E-state index is 14.5. The van der Waals surface area contributed by atoms with Crippen LogP contribution in [0.3, 0.4) is 0 Å². The summed E-state index contributed by atoms with van der Waals surface area (Å²) in [5.41, 5.74) is 6.29. The molecule has 0 atom stereocenters. The lowest BCUT2D eigenvalue weighted by molar-refractivity contribution is -0.153. The fourth-order valence-corrected chi connectivity index (χ4v) is 5.66. The fourth-order valence-electron chi connectivity index (χ4n) is 4.57. The molecule has 0 unspecified atom stereocenters. The number of rotatable bonds is 6. The number of carbonyl (C=O) groups excluding carboxylic acids is 2.